The van der Waals surface area contributed by atoms with Crippen LogP contribution in [0.25, 0.3) is 0 Å². The molecule has 0 aromatic carbocycles. The Kier molecular flexibility index (Phi) is 3.59. The molecule has 0 aliphatic rings. The van der Waals surface area contributed by atoms with Gasteiger partial charge in [-0.2, -0.15) is 4.39 Å². The van der Waals surface area contributed by atoms with Gasteiger partial charge in [0.15, 0.2) is 0 Å². The Bertz CT molecular complexity index is 393. The first-order valence-corrected chi connectivity index (χ1v) is 4.89. The predicted octanol–water partition coefficient (Wildman–Crippen LogP) is 1.06. The van der Waals surface area contributed by atoms with Crippen molar-refractivity contribution in [3.05, 3.63) is 29.8 Å². The second-order valence-electron chi connectivity index (χ2n) is 4.18. The van der Waals surface area contributed by atoms with Crippen LogP contribution >= 0.6 is 0 Å². The monoisotopic (exact) mass is 226 g/mol. The summed E-state index contributed by atoms with van der Waals surface area (Å²) in [6, 6.07) is 2.87. The predicted molar refractivity (Wildman–Crippen MR) is 57.5 cm³/mol. The third kappa shape index (κ3) is 2.36. The van der Waals surface area contributed by atoms with Crippen LogP contribution < -0.4 is 0 Å². The van der Waals surface area contributed by atoms with Gasteiger partial charge in [-0.05, 0) is 26.0 Å². The lowest BCUT2D eigenvalue weighted by Gasteiger charge is -2.33. The number of likely N-dealkylation sites (N-methyl/N-ethyl adjacent to an activating group) is 1. The van der Waals surface area contributed by atoms with Crippen LogP contribution in [-0.4, -0.2) is 40.1 Å². The minimum absolute atomic E-state index is 0.0912. The molecular formula is C11H15FN2O2. The highest BCUT2D eigenvalue weighted by Gasteiger charge is 2.29. The average Bonchev–Trinajstić information content (AvgIpc) is 2.27. The van der Waals surface area contributed by atoms with E-state index in [0.717, 1.165) is 0 Å². The highest BCUT2D eigenvalue weighted by atomic mass is 19.1. The third-order valence-electron chi connectivity index (χ3n) is 2.59. The van der Waals surface area contributed by atoms with E-state index in [-0.39, 0.29) is 12.2 Å². The van der Waals surface area contributed by atoms with E-state index in [2.05, 4.69) is 4.98 Å². The first kappa shape index (κ1) is 12.6. The number of nitrogens with zero attached hydrogens (tertiary/aromatic N) is 2. The molecule has 5 heteroatoms. The molecule has 0 saturated carbocycles. The molecule has 0 fully saturated rings. The van der Waals surface area contributed by atoms with E-state index in [4.69, 9.17) is 5.11 Å². The molecule has 1 N–H and O–H groups in total. The van der Waals surface area contributed by atoms with Crippen molar-refractivity contribution >= 4 is 5.91 Å². The molecule has 0 spiro atoms. The smallest absolute Gasteiger partial charge is 0.258 e. The maximum Gasteiger partial charge on any atom is 0.258 e. The van der Waals surface area contributed by atoms with Crippen LogP contribution in [0.4, 0.5) is 4.39 Å². The van der Waals surface area contributed by atoms with Gasteiger partial charge in [-0.1, -0.05) is 0 Å². The SMILES string of the molecule is CN(C(=O)c1cccnc1F)C(C)(C)CO. The summed E-state index contributed by atoms with van der Waals surface area (Å²) >= 11 is 0. The lowest BCUT2D eigenvalue weighted by Crippen LogP contribution is -2.47. The fourth-order valence-electron chi connectivity index (χ4n) is 1.11. The third-order valence-corrected chi connectivity index (χ3v) is 2.59. The van der Waals surface area contributed by atoms with Gasteiger partial charge in [-0.25, -0.2) is 4.98 Å². The lowest BCUT2D eigenvalue weighted by atomic mass is 10.0. The lowest BCUT2D eigenvalue weighted by molar-refractivity contribution is 0.0468. The summed E-state index contributed by atoms with van der Waals surface area (Å²) in [5.74, 6) is -1.29. The molecule has 0 unspecified atom stereocenters. The zero-order valence-electron chi connectivity index (χ0n) is 9.57. The van der Waals surface area contributed by atoms with Crippen LogP contribution in [0.1, 0.15) is 24.2 Å². The molecule has 0 aliphatic carbocycles. The normalized spacial score (nSPS) is 11.3. The second kappa shape index (κ2) is 4.57. The number of aromatic nitrogens is 1. The van der Waals surface area contributed by atoms with Crippen molar-refractivity contribution in [2.75, 3.05) is 13.7 Å². The van der Waals surface area contributed by atoms with E-state index in [1.54, 1.807) is 13.8 Å². The van der Waals surface area contributed by atoms with E-state index in [1.165, 1.54) is 30.3 Å². The molecular weight excluding hydrogens is 211 g/mol. The first-order chi connectivity index (χ1) is 7.40. The molecule has 1 heterocycles. The zero-order chi connectivity index (χ0) is 12.3. The molecule has 0 radical (unpaired) electrons. The van der Waals surface area contributed by atoms with Crippen LogP contribution in [0.15, 0.2) is 18.3 Å². The largest absolute Gasteiger partial charge is 0.394 e. The van der Waals surface area contributed by atoms with Gasteiger partial charge in [0.25, 0.3) is 5.91 Å². The number of halogens is 1. The van der Waals surface area contributed by atoms with Gasteiger partial charge in [0.2, 0.25) is 5.95 Å². The Labute approximate surface area is 93.7 Å². The Morgan fingerprint density at radius 2 is 2.25 bits per heavy atom. The van der Waals surface area contributed by atoms with Crippen LogP contribution in [0.3, 0.4) is 0 Å². The molecule has 1 amide bonds. The molecule has 1 rings (SSSR count). The van der Waals surface area contributed by atoms with E-state index in [9.17, 15) is 9.18 Å². The highest BCUT2D eigenvalue weighted by molar-refractivity contribution is 5.94. The van der Waals surface area contributed by atoms with Gasteiger partial charge < -0.3 is 10.0 Å². The minimum Gasteiger partial charge on any atom is -0.394 e. The summed E-state index contributed by atoms with van der Waals surface area (Å²) in [5, 5.41) is 9.13. The van der Waals surface area contributed by atoms with Crippen LogP contribution in [0.2, 0.25) is 0 Å². The Balaban J connectivity index is 3.00. The Hall–Kier alpha value is -1.49. The van der Waals surface area contributed by atoms with Crippen molar-refractivity contribution in [2.45, 2.75) is 19.4 Å². The van der Waals surface area contributed by atoms with Crippen molar-refractivity contribution in [3.63, 3.8) is 0 Å². The number of carbonyl (C=O) groups excluding carboxylic acids is 1. The van der Waals surface area contributed by atoms with Gasteiger partial charge in [0.05, 0.1) is 17.7 Å². The molecule has 0 saturated heterocycles. The number of aliphatic hydroxyl groups is 1. The molecule has 1 aromatic heterocycles. The summed E-state index contributed by atoms with van der Waals surface area (Å²) in [6.45, 7) is 3.19. The molecule has 0 aliphatic heterocycles. The molecule has 0 atom stereocenters. The number of hydrogen-bond donors (Lipinski definition) is 1. The minimum atomic E-state index is -0.798. The second-order valence-corrected chi connectivity index (χ2v) is 4.18. The molecule has 88 valence electrons. The summed E-state index contributed by atoms with van der Waals surface area (Å²) in [6.07, 6.45) is 1.28. The fraction of sp³-hybridized carbons (Fsp3) is 0.455. The maximum atomic E-state index is 13.3. The van der Waals surface area contributed by atoms with Crippen molar-refractivity contribution in [1.82, 2.24) is 9.88 Å². The first-order valence-electron chi connectivity index (χ1n) is 4.89. The Morgan fingerprint density at radius 1 is 1.62 bits per heavy atom. The van der Waals surface area contributed by atoms with Gasteiger partial charge >= 0.3 is 0 Å². The van der Waals surface area contributed by atoms with Gasteiger partial charge in [0.1, 0.15) is 0 Å². The van der Waals surface area contributed by atoms with Gasteiger partial charge in [-0.15, -0.1) is 0 Å². The van der Waals surface area contributed by atoms with Crippen molar-refractivity contribution < 1.29 is 14.3 Å². The van der Waals surface area contributed by atoms with Crippen LogP contribution in [-0.2, 0) is 0 Å². The topological polar surface area (TPSA) is 53.4 Å². The fourth-order valence-corrected chi connectivity index (χ4v) is 1.11. The number of carbonyl (C=O) groups is 1. The van der Waals surface area contributed by atoms with E-state index in [0.29, 0.717) is 0 Å². The molecule has 0 bridgehead atoms. The van der Waals surface area contributed by atoms with Crippen molar-refractivity contribution in [2.24, 2.45) is 0 Å². The summed E-state index contributed by atoms with van der Waals surface area (Å²) in [5.41, 5.74) is -0.828. The summed E-state index contributed by atoms with van der Waals surface area (Å²) in [7, 11) is 1.52. The van der Waals surface area contributed by atoms with Crippen molar-refractivity contribution in [3.8, 4) is 0 Å². The number of hydrogen-bond acceptors (Lipinski definition) is 3. The molecule has 16 heavy (non-hydrogen) atoms. The maximum absolute atomic E-state index is 13.3. The average molecular weight is 226 g/mol. The number of pyridine rings is 1. The zero-order valence-corrected chi connectivity index (χ0v) is 9.57. The van der Waals surface area contributed by atoms with E-state index >= 15 is 0 Å². The van der Waals surface area contributed by atoms with Gasteiger partial charge in [0, 0.05) is 13.2 Å². The van der Waals surface area contributed by atoms with Crippen LogP contribution in [0, 0.1) is 5.95 Å². The number of amides is 1. The van der Waals surface area contributed by atoms with Crippen LogP contribution in [0.5, 0.6) is 0 Å². The van der Waals surface area contributed by atoms with E-state index in [1.807, 2.05) is 0 Å². The number of rotatable bonds is 3. The molecule has 4 nitrogen and oxygen atoms in total. The van der Waals surface area contributed by atoms with E-state index < -0.39 is 17.4 Å². The summed E-state index contributed by atoms with van der Waals surface area (Å²) < 4.78 is 13.3. The standard InChI is InChI=1S/C11H15FN2O2/c1-11(2,7-15)14(3)10(16)8-5-4-6-13-9(8)12/h4-6,15H,7H2,1-3H3. The summed E-state index contributed by atoms with van der Waals surface area (Å²) in [4.78, 5) is 16.6. The quantitative estimate of drug-likeness (QED) is 0.784. The Morgan fingerprint density at radius 3 is 2.75 bits per heavy atom. The van der Waals surface area contributed by atoms with Crippen molar-refractivity contribution in [1.29, 1.82) is 0 Å². The highest BCUT2D eigenvalue weighted by Crippen LogP contribution is 2.16. The van der Waals surface area contributed by atoms with Gasteiger partial charge in [-0.3, -0.25) is 4.79 Å². The molecule has 1 aromatic rings. The number of aliphatic hydroxyl groups excluding tert-OH is 1.